The molecule has 23 heavy (non-hydrogen) atoms. The van der Waals surface area contributed by atoms with Crippen molar-refractivity contribution in [2.45, 2.75) is 6.92 Å². The van der Waals surface area contributed by atoms with Gasteiger partial charge < -0.3 is 20.3 Å². The topological polar surface area (TPSA) is 49.4 Å². The molecule has 0 radical (unpaired) electrons. The second kappa shape index (κ2) is 8.33. The Balaban J connectivity index is 1.74. The number of aryl methyl sites for hydroxylation is 1. The van der Waals surface area contributed by atoms with Gasteiger partial charge in [0.1, 0.15) is 11.6 Å². The van der Waals surface area contributed by atoms with E-state index in [9.17, 15) is 0 Å². The maximum Gasteiger partial charge on any atom is 0.172 e. The van der Waals surface area contributed by atoms with Crippen LogP contribution in [0.15, 0.2) is 42.6 Å². The van der Waals surface area contributed by atoms with Gasteiger partial charge in [-0.15, -0.1) is 0 Å². The molecule has 0 aliphatic carbocycles. The van der Waals surface area contributed by atoms with Crippen molar-refractivity contribution in [3.8, 4) is 5.75 Å². The maximum absolute atomic E-state index is 5.27. The molecular weight excluding hydrogens is 308 g/mol. The Morgan fingerprint density at radius 3 is 2.57 bits per heavy atom. The van der Waals surface area contributed by atoms with Crippen LogP contribution in [-0.4, -0.2) is 37.3 Å². The Labute approximate surface area is 142 Å². The van der Waals surface area contributed by atoms with E-state index in [1.807, 2.05) is 56.6 Å². The highest BCUT2D eigenvalue weighted by Gasteiger charge is 2.02. The third-order valence-corrected chi connectivity index (χ3v) is 3.65. The van der Waals surface area contributed by atoms with Crippen molar-refractivity contribution in [2.24, 2.45) is 0 Å². The van der Waals surface area contributed by atoms with Gasteiger partial charge in [-0.3, -0.25) is 0 Å². The summed E-state index contributed by atoms with van der Waals surface area (Å²) in [7, 11) is 3.71. The largest absolute Gasteiger partial charge is 0.497 e. The molecule has 122 valence electrons. The molecule has 0 spiro atoms. The maximum atomic E-state index is 5.27. The Bertz CT molecular complexity index is 628. The van der Waals surface area contributed by atoms with Gasteiger partial charge in [0, 0.05) is 32.0 Å². The van der Waals surface area contributed by atoms with Crippen molar-refractivity contribution >= 4 is 28.8 Å². The van der Waals surface area contributed by atoms with Crippen molar-refractivity contribution in [2.75, 3.05) is 37.5 Å². The molecule has 0 saturated heterocycles. The van der Waals surface area contributed by atoms with E-state index in [0.29, 0.717) is 5.11 Å². The first-order chi connectivity index (χ1) is 11.1. The van der Waals surface area contributed by atoms with Gasteiger partial charge in [-0.2, -0.15) is 0 Å². The number of nitrogens with one attached hydrogen (secondary N) is 2. The van der Waals surface area contributed by atoms with Crippen LogP contribution in [0.5, 0.6) is 5.75 Å². The van der Waals surface area contributed by atoms with Crippen molar-refractivity contribution in [1.29, 1.82) is 0 Å². The highest BCUT2D eigenvalue weighted by Crippen LogP contribution is 2.17. The molecule has 2 rings (SSSR count). The van der Waals surface area contributed by atoms with Gasteiger partial charge in [-0.25, -0.2) is 4.98 Å². The fraction of sp³-hybridized carbons (Fsp3) is 0.294. The number of aromatic nitrogens is 1. The molecule has 1 aromatic heterocycles. The molecule has 0 atom stereocenters. The molecule has 0 amide bonds. The minimum absolute atomic E-state index is 0.574. The number of nitrogens with zero attached hydrogens (tertiary/aromatic N) is 2. The van der Waals surface area contributed by atoms with Crippen LogP contribution in [-0.2, 0) is 0 Å². The molecule has 0 saturated carbocycles. The quantitative estimate of drug-likeness (QED) is 0.795. The van der Waals surface area contributed by atoms with Crippen LogP contribution in [0.1, 0.15) is 5.56 Å². The number of hydrogen-bond acceptors (Lipinski definition) is 4. The molecule has 0 bridgehead atoms. The van der Waals surface area contributed by atoms with Gasteiger partial charge in [-0.05, 0) is 55.0 Å². The molecule has 6 heteroatoms. The zero-order valence-electron chi connectivity index (χ0n) is 13.7. The smallest absolute Gasteiger partial charge is 0.172 e. The van der Waals surface area contributed by atoms with Crippen molar-refractivity contribution in [3.63, 3.8) is 0 Å². The number of likely N-dealkylation sites (N-methyl/N-ethyl adjacent to an activating group) is 1. The molecule has 0 fully saturated rings. The summed E-state index contributed by atoms with van der Waals surface area (Å²) >= 11 is 5.27. The summed E-state index contributed by atoms with van der Waals surface area (Å²) in [6, 6.07) is 11.9. The minimum Gasteiger partial charge on any atom is -0.497 e. The molecule has 1 heterocycles. The van der Waals surface area contributed by atoms with E-state index in [-0.39, 0.29) is 0 Å². The van der Waals surface area contributed by atoms with E-state index in [1.54, 1.807) is 7.11 Å². The Morgan fingerprint density at radius 1 is 1.22 bits per heavy atom. The lowest BCUT2D eigenvalue weighted by molar-refractivity contribution is 0.415. The lowest BCUT2D eigenvalue weighted by atomic mass is 10.3. The van der Waals surface area contributed by atoms with Crippen LogP contribution in [0.4, 0.5) is 11.5 Å². The average Bonchev–Trinajstić information content (AvgIpc) is 2.57. The number of anilines is 2. The third kappa shape index (κ3) is 5.41. The van der Waals surface area contributed by atoms with Gasteiger partial charge in [0.05, 0.1) is 7.11 Å². The van der Waals surface area contributed by atoms with Crippen LogP contribution in [0.2, 0.25) is 0 Å². The normalized spacial score (nSPS) is 10.0. The van der Waals surface area contributed by atoms with Crippen molar-refractivity contribution in [3.05, 3.63) is 48.2 Å². The van der Waals surface area contributed by atoms with Crippen LogP contribution in [0, 0.1) is 6.92 Å². The highest BCUT2D eigenvalue weighted by molar-refractivity contribution is 7.80. The van der Waals surface area contributed by atoms with Crippen molar-refractivity contribution < 1.29 is 4.74 Å². The fourth-order valence-electron chi connectivity index (χ4n) is 2.01. The minimum atomic E-state index is 0.574. The van der Waals surface area contributed by atoms with E-state index in [0.717, 1.165) is 35.9 Å². The first-order valence-corrected chi connectivity index (χ1v) is 7.82. The molecule has 1 aromatic carbocycles. The van der Waals surface area contributed by atoms with Gasteiger partial charge in [0.15, 0.2) is 5.11 Å². The van der Waals surface area contributed by atoms with Gasteiger partial charge in [0.25, 0.3) is 0 Å². The van der Waals surface area contributed by atoms with E-state index < -0.39 is 0 Å². The lowest BCUT2D eigenvalue weighted by Crippen LogP contribution is -2.35. The number of rotatable bonds is 6. The number of ether oxygens (including phenoxy) is 1. The molecule has 2 N–H and O–H groups in total. The van der Waals surface area contributed by atoms with E-state index >= 15 is 0 Å². The van der Waals surface area contributed by atoms with Crippen LogP contribution >= 0.6 is 12.2 Å². The number of hydrogen-bond donors (Lipinski definition) is 2. The van der Waals surface area contributed by atoms with Crippen LogP contribution in [0.3, 0.4) is 0 Å². The summed E-state index contributed by atoms with van der Waals surface area (Å²) in [5.74, 6) is 1.60. The third-order valence-electron chi connectivity index (χ3n) is 3.40. The predicted octanol–water partition coefficient (Wildman–Crippen LogP) is 2.82. The molecule has 5 nitrogen and oxygen atoms in total. The lowest BCUT2D eigenvalue weighted by Gasteiger charge is -2.20. The summed E-state index contributed by atoms with van der Waals surface area (Å²) in [5, 5.41) is 6.83. The summed E-state index contributed by atoms with van der Waals surface area (Å²) in [6.45, 7) is 3.57. The summed E-state index contributed by atoms with van der Waals surface area (Å²) in [6.07, 6.45) is 1.81. The summed E-state index contributed by atoms with van der Waals surface area (Å²) in [4.78, 5) is 6.42. The van der Waals surface area contributed by atoms with E-state index in [4.69, 9.17) is 17.0 Å². The second-order valence-corrected chi connectivity index (χ2v) is 5.63. The molecule has 2 aromatic rings. The predicted molar refractivity (Wildman–Crippen MR) is 99.5 cm³/mol. The zero-order chi connectivity index (χ0) is 16.7. The highest BCUT2D eigenvalue weighted by atomic mass is 32.1. The molecule has 0 aliphatic rings. The monoisotopic (exact) mass is 330 g/mol. The Kier molecular flexibility index (Phi) is 6.17. The van der Waals surface area contributed by atoms with Crippen molar-refractivity contribution in [1.82, 2.24) is 10.3 Å². The van der Waals surface area contributed by atoms with E-state index in [1.165, 1.54) is 0 Å². The van der Waals surface area contributed by atoms with Gasteiger partial charge >= 0.3 is 0 Å². The van der Waals surface area contributed by atoms with E-state index in [2.05, 4.69) is 20.5 Å². The Morgan fingerprint density at radius 2 is 1.96 bits per heavy atom. The number of benzene rings is 1. The SMILES string of the molecule is COc1ccc(N(C)CCNC(=S)Nc2ccc(C)cn2)cc1. The summed E-state index contributed by atoms with van der Waals surface area (Å²) in [5.41, 5.74) is 2.25. The average molecular weight is 330 g/mol. The zero-order valence-corrected chi connectivity index (χ0v) is 14.5. The van der Waals surface area contributed by atoms with Crippen LogP contribution in [0.25, 0.3) is 0 Å². The number of thiocarbonyl (C=S) groups is 1. The molecule has 0 aliphatic heterocycles. The Hall–Kier alpha value is -2.34. The number of methoxy groups -OCH3 is 1. The molecule has 0 unspecified atom stereocenters. The van der Waals surface area contributed by atoms with Crippen LogP contribution < -0.4 is 20.3 Å². The first kappa shape index (κ1) is 17.0. The first-order valence-electron chi connectivity index (χ1n) is 7.41. The second-order valence-electron chi connectivity index (χ2n) is 5.22. The standard InChI is InChI=1S/C17H22N4OS/c1-13-4-9-16(19-12-13)20-17(23)18-10-11-21(2)14-5-7-15(22-3)8-6-14/h4-9,12H,10-11H2,1-3H3,(H2,18,19,20,23). The van der Waals surface area contributed by atoms with Gasteiger partial charge in [0.2, 0.25) is 0 Å². The summed E-state index contributed by atoms with van der Waals surface area (Å²) < 4.78 is 5.16. The fourth-order valence-corrected chi connectivity index (χ4v) is 2.21. The number of pyridine rings is 1. The van der Waals surface area contributed by atoms with Gasteiger partial charge in [-0.1, -0.05) is 6.07 Å². The molecular formula is C17H22N4OS.